The number of nitrogens with zero attached hydrogens (tertiary/aromatic N) is 1. The maximum Gasteiger partial charge on any atom is 0.328 e. The highest BCUT2D eigenvalue weighted by Gasteiger charge is 2.36. The van der Waals surface area contributed by atoms with E-state index in [-0.39, 0.29) is 11.9 Å². The molecule has 1 aliphatic rings. The summed E-state index contributed by atoms with van der Waals surface area (Å²) < 4.78 is 10.4. The average molecular weight is 316 g/mol. The van der Waals surface area contributed by atoms with Crippen molar-refractivity contribution in [1.82, 2.24) is 4.90 Å². The van der Waals surface area contributed by atoms with Crippen molar-refractivity contribution in [2.24, 2.45) is 0 Å². The molecule has 1 fully saturated rings. The molecule has 1 amide bonds. The van der Waals surface area contributed by atoms with Gasteiger partial charge in [-0.15, -0.1) is 0 Å². The molecule has 0 aliphatic carbocycles. The van der Waals surface area contributed by atoms with Crippen molar-refractivity contribution in [3.8, 4) is 0 Å². The van der Waals surface area contributed by atoms with Crippen LogP contribution in [0.5, 0.6) is 0 Å². The zero-order valence-corrected chi connectivity index (χ0v) is 11.6. The van der Waals surface area contributed by atoms with Gasteiger partial charge in [0, 0.05) is 6.54 Å². The number of likely N-dealkylation sites (tertiary alicyclic amines) is 1. The van der Waals surface area contributed by atoms with Gasteiger partial charge in [-0.3, -0.25) is 4.79 Å². The summed E-state index contributed by atoms with van der Waals surface area (Å²) in [5, 5.41) is 0. The lowest BCUT2D eigenvalue weighted by Crippen LogP contribution is -2.41. The molecule has 2 heterocycles. The smallest absolute Gasteiger partial charge is 0.328 e. The van der Waals surface area contributed by atoms with E-state index in [1.54, 1.807) is 17.9 Å². The second kappa shape index (κ2) is 5.56. The highest BCUT2D eigenvalue weighted by atomic mass is 79.9. The van der Waals surface area contributed by atoms with Crippen molar-refractivity contribution in [1.29, 1.82) is 0 Å². The summed E-state index contributed by atoms with van der Waals surface area (Å²) in [6.45, 7) is 2.65. The predicted octanol–water partition coefficient (Wildman–Crippen LogP) is 2.21. The fourth-order valence-corrected chi connectivity index (χ4v) is 2.50. The van der Waals surface area contributed by atoms with E-state index in [9.17, 15) is 9.59 Å². The number of amides is 1. The minimum atomic E-state index is -0.473. The molecular weight excluding hydrogens is 302 g/mol. The maximum atomic E-state index is 12.3. The average Bonchev–Trinajstić information content (AvgIpc) is 2.96. The number of ether oxygens (including phenoxy) is 1. The Hall–Kier alpha value is -1.30. The van der Waals surface area contributed by atoms with Crippen molar-refractivity contribution in [2.45, 2.75) is 25.8 Å². The van der Waals surface area contributed by atoms with Crippen LogP contribution in [0.1, 0.15) is 30.1 Å². The molecule has 1 aromatic rings. The number of halogens is 1. The first kappa shape index (κ1) is 13.1. The van der Waals surface area contributed by atoms with E-state index < -0.39 is 6.04 Å². The Morgan fingerprint density at radius 1 is 1.61 bits per heavy atom. The minimum absolute atomic E-state index is 0.203. The summed E-state index contributed by atoms with van der Waals surface area (Å²) in [5.74, 6) is -0.533. The molecule has 6 heteroatoms. The van der Waals surface area contributed by atoms with Gasteiger partial charge in [-0.2, -0.15) is 0 Å². The van der Waals surface area contributed by atoms with Gasteiger partial charge in [0.1, 0.15) is 6.04 Å². The van der Waals surface area contributed by atoms with Crippen LogP contribution in [0.3, 0.4) is 0 Å². The molecule has 0 spiro atoms. The molecule has 0 saturated carbocycles. The monoisotopic (exact) mass is 315 g/mol. The van der Waals surface area contributed by atoms with Gasteiger partial charge < -0.3 is 14.1 Å². The number of hydrogen-bond acceptors (Lipinski definition) is 4. The number of hydrogen-bond donors (Lipinski definition) is 0. The van der Waals surface area contributed by atoms with Crippen molar-refractivity contribution in [3.63, 3.8) is 0 Å². The number of furan rings is 1. The lowest BCUT2D eigenvalue weighted by atomic mass is 10.2. The van der Waals surface area contributed by atoms with Gasteiger partial charge in [0.15, 0.2) is 4.67 Å². The first-order valence-corrected chi connectivity index (χ1v) is 6.65. The van der Waals surface area contributed by atoms with Crippen LogP contribution in [-0.2, 0) is 9.53 Å². The van der Waals surface area contributed by atoms with E-state index in [0.29, 0.717) is 29.8 Å². The standard InChI is InChI=1S/C12H14BrNO4/c1-2-17-12(16)9-4-3-6-14(9)11(15)8-5-7-18-10(8)13/h5,7,9H,2-4,6H2,1H3. The van der Waals surface area contributed by atoms with Crippen LogP contribution in [0.25, 0.3) is 0 Å². The lowest BCUT2D eigenvalue weighted by molar-refractivity contribution is -0.147. The molecule has 98 valence electrons. The zero-order valence-electron chi connectivity index (χ0n) is 10.0. The third-order valence-corrected chi connectivity index (χ3v) is 3.53. The maximum absolute atomic E-state index is 12.3. The Morgan fingerprint density at radius 3 is 3.00 bits per heavy atom. The Balaban J connectivity index is 2.15. The first-order valence-electron chi connectivity index (χ1n) is 5.85. The van der Waals surface area contributed by atoms with E-state index in [1.807, 2.05) is 0 Å². The van der Waals surface area contributed by atoms with Gasteiger partial charge in [-0.1, -0.05) is 0 Å². The Morgan fingerprint density at radius 2 is 2.39 bits per heavy atom. The quantitative estimate of drug-likeness (QED) is 0.802. The van der Waals surface area contributed by atoms with Crippen molar-refractivity contribution < 1.29 is 18.7 Å². The van der Waals surface area contributed by atoms with Crippen molar-refractivity contribution >= 4 is 27.8 Å². The Kier molecular flexibility index (Phi) is 4.06. The van der Waals surface area contributed by atoms with Gasteiger partial charge in [0.2, 0.25) is 0 Å². The highest BCUT2D eigenvalue weighted by Crippen LogP contribution is 2.25. The number of esters is 1. The number of rotatable bonds is 3. The van der Waals surface area contributed by atoms with Crippen LogP contribution in [0.2, 0.25) is 0 Å². The normalized spacial score (nSPS) is 19.0. The molecule has 2 rings (SSSR count). The largest absolute Gasteiger partial charge is 0.464 e. The predicted molar refractivity (Wildman–Crippen MR) is 67.1 cm³/mol. The van der Waals surface area contributed by atoms with Crippen LogP contribution < -0.4 is 0 Å². The molecule has 1 atom stereocenters. The van der Waals surface area contributed by atoms with E-state index in [2.05, 4.69) is 15.9 Å². The van der Waals surface area contributed by atoms with Crippen molar-refractivity contribution in [3.05, 3.63) is 22.6 Å². The third-order valence-electron chi connectivity index (χ3n) is 2.92. The Bertz CT molecular complexity index is 457. The summed E-state index contributed by atoms with van der Waals surface area (Å²) in [6.07, 6.45) is 2.90. The van der Waals surface area contributed by atoms with Crippen molar-refractivity contribution in [2.75, 3.05) is 13.2 Å². The molecular formula is C12H14BrNO4. The minimum Gasteiger partial charge on any atom is -0.464 e. The molecule has 5 nitrogen and oxygen atoms in total. The molecule has 18 heavy (non-hydrogen) atoms. The highest BCUT2D eigenvalue weighted by molar-refractivity contribution is 9.10. The van der Waals surface area contributed by atoms with Crippen LogP contribution in [0.4, 0.5) is 0 Å². The van der Waals surface area contributed by atoms with Gasteiger partial charge in [-0.05, 0) is 41.8 Å². The van der Waals surface area contributed by atoms with E-state index >= 15 is 0 Å². The molecule has 1 aliphatic heterocycles. The molecule has 1 aromatic heterocycles. The fraction of sp³-hybridized carbons (Fsp3) is 0.500. The second-order valence-electron chi connectivity index (χ2n) is 4.02. The van der Waals surface area contributed by atoms with Gasteiger partial charge in [0.25, 0.3) is 5.91 Å². The summed E-state index contributed by atoms with van der Waals surface area (Å²) in [5.41, 5.74) is 0.436. The lowest BCUT2D eigenvalue weighted by Gasteiger charge is -2.22. The second-order valence-corrected chi connectivity index (χ2v) is 4.74. The fourth-order valence-electron chi connectivity index (χ4n) is 2.09. The molecule has 0 aromatic carbocycles. The number of carbonyl (C=O) groups is 2. The SMILES string of the molecule is CCOC(=O)C1CCCN1C(=O)c1ccoc1Br. The van der Waals surface area contributed by atoms with Crippen LogP contribution >= 0.6 is 15.9 Å². The molecule has 0 bridgehead atoms. The molecule has 0 N–H and O–H groups in total. The molecule has 1 saturated heterocycles. The summed E-state index contributed by atoms with van der Waals surface area (Å²) in [7, 11) is 0. The van der Waals surface area contributed by atoms with Gasteiger partial charge in [0.05, 0.1) is 18.4 Å². The van der Waals surface area contributed by atoms with Crippen LogP contribution in [0.15, 0.2) is 21.4 Å². The molecule has 0 radical (unpaired) electrons. The number of carbonyl (C=O) groups excluding carboxylic acids is 2. The van der Waals surface area contributed by atoms with Crippen LogP contribution in [-0.4, -0.2) is 36.0 Å². The molecule has 1 unspecified atom stereocenters. The van der Waals surface area contributed by atoms with E-state index in [4.69, 9.17) is 9.15 Å². The Labute approximate surface area is 113 Å². The van der Waals surface area contributed by atoms with Gasteiger partial charge >= 0.3 is 5.97 Å². The first-order chi connectivity index (χ1) is 8.65. The van der Waals surface area contributed by atoms with E-state index in [1.165, 1.54) is 6.26 Å². The van der Waals surface area contributed by atoms with Crippen LogP contribution in [0, 0.1) is 0 Å². The zero-order chi connectivity index (χ0) is 13.1. The topological polar surface area (TPSA) is 59.8 Å². The summed E-state index contributed by atoms with van der Waals surface area (Å²) >= 11 is 3.17. The summed E-state index contributed by atoms with van der Waals surface area (Å²) in [4.78, 5) is 25.6. The third kappa shape index (κ3) is 2.43. The summed E-state index contributed by atoms with van der Waals surface area (Å²) in [6, 6.07) is 1.12. The van der Waals surface area contributed by atoms with E-state index in [0.717, 1.165) is 6.42 Å². The van der Waals surface area contributed by atoms with Gasteiger partial charge in [-0.25, -0.2) is 4.79 Å².